The van der Waals surface area contributed by atoms with Crippen LogP contribution in [0.25, 0.3) is 0 Å². The molecule has 1 aromatic carbocycles. The number of hydrogen-bond acceptors (Lipinski definition) is 1. The maximum Gasteiger partial charge on any atom is 1.00 e. The van der Waals surface area contributed by atoms with Crippen LogP contribution < -0.4 is 24.0 Å². The Kier molecular flexibility index (Phi) is 4.60. The molecule has 0 saturated heterocycles. The van der Waals surface area contributed by atoms with Crippen LogP contribution in [0.2, 0.25) is 0 Å². The van der Waals surface area contributed by atoms with Gasteiger partial charge in [0.25, 0.3) is 0 Å². The molecule has 0 bridgehead atoms. The maximum atomic E-state index is 10.8. The van der Waals surface area contributed by atoms with Gasteiger partial charge < -0.3 is 5.11 Å². The Morgan fingerprint density at radius 3 is 2.00 bits per heavy atom. The van der Waals surface area contributed by atoms with E-state index >= 15 is 0 Å². The topological polar surface area (TPSA) is 23.1 Å². The third kappa shape index (κ3) is 3.10. The first-order valence-corrected chi connectivity index (χ1v) is 4.34. The normalized spacial score (nSPS) is 10.7. The van der Waals surface area contributed by atoms with Gasteiger partial charge in [0.05, 0.1) is 0 Å². The van der Waals surface area contributed by atoms with Gasteiger partial charge in [0.15, 0.2) is 0 Å². The zero-order valence-electron chi connectivity index (χ0n) is 8.92. The maximum absolute atomic E-state index is 10.8. The third-order valence-corrected chi connectivity index (χ3v) is 2.52. The van der Waals surface area contributed by atoms with Crippen LogP contribution in [0.15, 0.2) is 24.3 Å². The van der Waals surface area contributed by atoms with Crippen molar-refractivity contribution in [1.29, 1.82) is 0 Å². The standard InChI is InChI=1S/C11H16O.Li/c1-4-11(2,3)9-5-7-10(12)8-6-9;/h5-8,12H,4H2,1-3H3;/q;+1/p-1. The first kappa shape index (κ1) is 12.6. The Bertz CT molecular complexity index is 251. The fraction of sp³-hybridized carbons (Fsp3) is 0.455. The monoisotopic (exact) mass is 170 g/mol. The second kappa shape index (κ2) is 4.74. The van der Waals surface area contributed by atoms with Crippen LogP contribution in [-0.4, -0.2) is 0 Å². The van der Waals surface area contributed by atoms with E-state index in [4.69, 9.17) is 0 Å². The van der Waals surface area contributed by atoms with Crippen LogP contribution in [0.5, 0.6) is 5.75 Å². The summed E-state index contributed by atoms with van der Waals surface area (Å²) in [5.74, 6) is 0.0886. The van der Waals surface area contributed by atoms with Crippen molar-refractivity contribution in [3.05, 3.63) is 29.8 Å². The van der Waals surface area contributed by atoms with Gasteiger partial charge in [-0.15, -0.1) is 5.75 Å². The number of rotatable bonds is 2. The molecule has 1 nitrogen and oxygen atoms in total. The summed E-state index contributed by atoms with van der Waals surface area (Å²) in [5, 5.41) is 10.8. The summed E-state index contributed by atoms with van der Waals surface area (Å²) in [6, 6.07) is 7.11. The minimum Gasteiger partial charge on any atom is -0.872 e. The average Bonchev–Trinajstić information content (AvgIpc) is 2.05. The second-order valence-electron chi connectivity index (χ2n) is 3.76. The van der Waals surface area contributed by atoms with E-state index in [9.17, 15) is 5.11 Å². The molecule has 0 aliphatic rings. The first-order valence-electron chi connectivity index (χ1n) is 4.34. The predicted molar refractivity (Wildman–Crippen MR) is 49.2 cm³/mol. The van der Waals surface area contributed by atoms with Crippen molar-refractivity contribution in [1.82, 2.24) is 0 Å². The third-order valence-electron chi connectivity index (χ3n) is 2.52. The molecule has 0 saturated carbocycles. The van der Waals surface area contributed by atoms with Crippen LogP contribution in [0.3, 0.4) is 0 Å². The average molecular weight is 170 g/mol. The molecule has 0 aliphatic heterocycles. The molecule has 0 unspecified atom stereocenters. The summed E-state index contributed by atoms with van der Waals surface area (Å²) in [5.41, 5.74) is 1.43. The van der Waals surface area contributed by atoms with Crippen molar-refractivity contribution in [2.24, 2.45) is 0 Å². The number of hydrogen-bond donors (Lipinski definition) is 0. The molecule has 0 N–H and O–H groups in total. The molecule has 13 heavy (non-hydrogen) atoms. The van der Waals surface area contributed by atoms with Crippen molar-refractivity contribution >= 4 is 0 Å². The first-order chi connectivity index (χ1) is 5.56. The van der Waals surface area contributed by atoms with E-state index in [-0.39, 0.29) is 30.0 Å². The molecule has 0 spiro atoms. The van der Waals surface area contributed by atoms with E-state index in [0.717, 1.165) is 6.42 Å². The van der Waals surface area contributed by atoms with Crippen molar-refractivity contribution in [2.75, 3.05) is 0 Å². The molecule has 0 aliphatic carbocycles. The van der Waals surface area contributed by atoms with Crippen molar-refractivity contribution in [3.8, 4) is 5.75 Å². The van der Waals surface area contributed by atoms with Gasteiger partial charge in [-0.05, 0) is 17.4 Å². The molecule has 0 fully saturated rings. The quantitative estimate of drug-likeness (QED) is 0.546. The molecule has 2 heteroatoms. The summed E-state index contributed by atoms with van der Waals surface area (Å²) in [7, 11) is 0. The molecular weight excluding hydrogens is 155 g/mol. The molecule has 0 aromatic heterocycles. The predicted octanol–water partition coefficient (Wildman–Crippen LogP) is -0.548. The Balaban J connectivity index is 0.00000144. The van der Waals surface area contributed by atoms with E-state index in [2.05, 4.69) is 20.8 Å². The Hall–Kier alpha value is -0.383. The van der Waals surface area contributed by atoms with Gasteiger partial charge in [0, 0.05) is 0 Å². The zero-order chi connectivity index (χ0) is 9.19. The van der Waals surface area contributed by atoms with Gasteiger partial charge in [0.2, 0.25) is 0 Å². The van der Waals surface area contributed by atoms with Gasteiger partial charge in [-0.2, -0.15) is 0 Å². The Morgan fingerprint density at radius 2 is 1.62 bits per heavy atom. The molecule has 66 valence electrons. The molecule has 0 atom stereocenters. The fourth-order valence-corrected chi connectivity index (χ4v) is 1.11. The van der Waals surface area contributed by atoms with Crippen molar-refractivity contribution in [3.63, 3.8) is 0 Å². The van der Waals surface area contributed by atoms with Crippen LogP contribution in [0.1, 0.15) is 32.8 Å². The molecule has 1 aromatic rings. The molecule has 0 heterocycles. The fourth-order valence-electron chi connectivity index (χ4n) is 1.11. The van der Waals surface area contributed by atoms with Gasteiger partial charge in [0.1, 0.15) is 0 Å². The second-order valence-corrected chi connectivity index (χ2v) is 3.76. The van der Waals surface area contributed by atoms with Gasteiger partial charge >= 0.3 is 18.9 Å². The Morgan fingerprint density at radius 1 is 1.15 bits per heavy atom. The van der Waals surface area contributed by atoms with Gasteiger partial charge in [-0.3, -0.25) is 0 Å². The van der Waals surface area contributed by atoms with E-state index in [1.54, 1.807) is 12.1 Å². The smallest absolute Gasteiger partial charge is 0.872 e. The summed E-state index contributed by atoms with van der Waals surface area (Å²) >= 11 is 0. The van der Waals surface area contributed by atoms with Gasteiger partial charge in [-0.1, -0.05) is 45.0 Å². The minimum absolute atomic E-state index is 0. The summed E-state index contributed by atoms with van der Waals surface area (Å²) < 4.78 is 0. The van der Waals surface area contributed by atoms with Crippen LogP contribution >= 0.6 is 0 Å². The van der Waals surface area contributed by atoms with E-state index in [1.807, 2.05) is 12.1 Å². The molecular formula is C11H15LiO. The van der Waals surface area contributed by atoms with E-state index in [0.29, 0.717) is 0 Å². The van der Waals surface area contributed by atoms with E-state index in [1.165, 1.54) is 5.56 Å². The summed E-state index contributed by atoms with van der Waals surface area (Å²) in [6.07, 6.45) is 1.09. The zero-order valence-corrected chi connectivity index (χ0v) is 8.92. The summed E-state index contributed by atoms with van der Waals surface area (Å²) in [6.45, 7) is 6.53. The van der Waals surface area contributed by atoms with Crippen molar-refractivity contribution < 1.29 is 24.0 Å². The van der Waals surface area contributed by atoms with Crippen LogP contribution in [0.4, 0.5) is 0 Å². The molecule has 1 rings (SSSR count). The SMILES string of the molecule is CCC(C)(C)c1ccc([O-])cc1.[Li+]. The van der Waals surface area contributed by atoms with E-state index < -0.39 is 0 Å². The van der Waals surface area contributed by atoms with Crippen LogP contribution in [-0.2, 0) is 5.41 Å². The Labute approximate surface area is 92.3 Å². The molecule has 0 radical (unpaired) electrons. The minimum atomic E-state index is 0. The van der Waals surface area contributed by atoms with Crippen molar-refractivity contribution in [2.45, 2.75) is 32.6 Å². The molecule has 0 amide bonds. The summed E-state index contributed by atoms with van der Waals surface area (Å²) in [4.78, 5) is 0. The largest absolute Gasteiger partial charge is 1.00 e. The van der Waals surface area contributed by atoms with Crippen LogP contribution in [0, 0.1) is 0 Å². The number of benzene rings is 1. The van der Waals surface area contributed by atoms with Gasteiger partial charge in [-0.25, -0.2) is 0 Å².